The molecule has 0 unspecified atom stereocenters. The smallest absolute Gasteiger partial charge is 0.387 e. The SMILES string of the molecule is CCNC(=NCc1cc2c(cc1OC(F)F)OCO2)NCC1(CCOCC)CC1. The number of hydrogen-bond acceptors (Lipinski definition) is 5. The Morgan fingerprint density at radius 1 is 1.21 bits per heavy atom. The molecule has 0 amide bonds. The predicted molar refractivity (Wildman–Crippen MR) is 105 cm³/mol. The van der Waals surface area contributed by atoms with E-state index in [0.717, 1.165) is 26.2 Å². The fourth-order valence-corrected chi connectivity index (χ4v) is 3.20. The van der Waals surface area contributed by atoms with Crippen LogP contribution in [0, 0.1) is 5.41 Å². The summed E-state index contributed by atoms with van der Waals surface area (Å²) in [5.74, 6) is 1.57. The van der Waals surface area contributed by atoms with Crippen LogP contribution in [0.4, 0.5) is 8.78 Å². The van der Waals surface area contributed by atoms with E-state index >= 15 is 0 Å². The van der Waals surface area contributed by atoms with Gasteiger partial charge in [0, 0.05) is 37.9 Å². The minimum absolute atomic E-state index is 0.0410. The van der Waals surface area contributed by atoms with Crippen LogP contribution in [-0.4, -0.2) is 45.7 Å². The molecule has 2 N–H and O–H groups in total. The summed E-state index contributed by atoms with van der Waals surface area (Å²) in [6.45, 7) is 4.26. The summed E-state index contributed by atoms with van der Waals surface area (Å²) in [7, 11) is 0. The van der Waals surface area contributed by atoms with E-state index in [1.807, 2.05) is 13.8 Å². The van der Waals surface area contributed by atoms with Crippen LogP contribution in [0.15, 0.2) is 17.1 Å². The molecule has 29 heavy (non-hydrogen) atoms. The first kappa shape index (κ1) is 21.4. The van der Waals surface area contributed by atoms with E-state index in [4.69, 9.17) is 14.2 Å². The number of hydrogen-bond donors (Lipinski definition) is 2. The van der Waals surface area contributed by atoms with Gasteiger partial charge in [0.2, 0.25) is 6.79 Å². The van der Waals surface area contributed by atoms with E-state index in [9.17, 15) is 8.78 Å². The molecule has 0 bridgehead atoms. The molecular formula is C20H29F2N3O4. The molecular weight excluding hydrogens is 384 g/mol. The Morgan fingerprint density at radius 3 is 2.62 bits per heavy atom. The van der Waals surface area contributed by atoms with Crippen molar-refractivity contribution in [3.05, 3.63) is 17.7 Å². The molecule has 2 aliphatic rings. The second kappa shape index (κ2) is 9.96. The fourth-order valence-electron chi connectivity index (χ4n) is 3.20. The largest absolute Gasteiger partial charge is 0.454 e. The summed E-state index contributed by atoms with van der Waals surface area (Å²) >= 11 is 0. The summed E-state index contributed by atoms with van der Waals surface area (Å²) in [6.07, 6.45) is 3.35. The molecule has 1 fully saturated rings. The van der Waals surface area contributed by atoms with Crippen molar-refractivity contribution in [2.75, 3.05) is 33.1 Å². The van der Waals surface area contributed by atoms with Crippen LogP contribution in [0.3, 0.4) is 0 Å². The number of fused-ring (bicyclic) bond motifs is 1. The van der Waals surface area contributed by atoms with Gasteiger partial charge >= 0.3 is 6.61 Å². The number of guanidine groups is 1. The zero-order valence-electron chi connectivity index (χ0n) is 16.9. The highest BCUT2D eigenvalue weighted by atomic mass is 19.3. The minimum Gasteiger partial charge on any atom is -0.454 e. The van der Waals surface area contributed by atoms with Crippen LogP contribution in [0.1, 0.15) is 38.7 Å². The molecule has 7 nitrogen and oxygen atoms in total. The Kier molecular flexibility index (Phi) is 7.35. The monoisotopic (exact) mass is 413 g/mol. The summed E-state index contributed by atoms with van der Waals surface area (Å²) < 4.78 is 46.3. The van der Waals surface area contributed by atoms with Crippen molar-refractivity contribution < 1.29 is 27.7 Å². The van der Waals surface area contributed by atoms with E-state index in [0.29, 0.717) is 29.6 Å². The first-order valence-corrected chi connectivity index (χ1v) is 10.0. The van der Waals surface area contributed by atoms with Gasteiger partial charge in [0.25, 0.3) is 0 Å². The van der Waals surface area contributed by atoms with Crippen molar-refractivity contribution in [2.45, 2.75) is 46.3 Å². The van der Waals surface area contributed by atoms with Gasteiger partial charge in [-0.05, 0) is 44.6 Å². The predicted octanol–water partition coefficient (Wildman–Crippen LogP) is 3.28. The van der Waals surface area contributed by atoms with Crippen molar-refractivity contribution in [2.24, 2.45) is 10.4 Å². The van der Waals surface area contributed by atoms with Gasteiger partial charge < -0.3 is 29.6 Å². The van der Waals surface area contributed by atoms with Crippen LogP contribution in [0.2, 0.25) is 0 Å². The van der Waals surface area contributed by atoms with Crippen LogP contribution in [-0.2, 0) is 11.3 Å². The summed E-state index contributed by atoms with van der Waals surface area (Å²) in [5.41, 5.74) is 0.762. The highest BCUT2D eigenvalue weighted by molar-refractivity contribution is 5.79. The molecule has 162 valence electrons. The Morgan fingerprint density at radius 2 is 1.97 bits per heavy atom. The van der Waals surface area contributed by atoms with Gasteiger partial charge in [-0.3, -0.25) is 0 Å². The summed E-state index contributed by atoms with van der Waals surface area (Å²) in [4.78, 5) is 4.55. The summed E-state index contributed by atoms with van der Waals surface area (Å²) in [6, 6.07) is 3.06. The van der Waals surface area contributed by atoms with Crippen LogP contribution >= 0.6 is 0 Å². The van der Waals surface area contributed by atoms with E-state index < -0.39 is 6.61 Å². The lowest BCUT2D eigenvalue weighted by molar-refractivity contribution is -0.0505. The Hall–Kier alpha value is -2.29. The number of nitrogens with one attached hydrogen (secondary N) is 2. The summed E-state index contributed by atoms with van der Waals surface area (Å²) in [5, 5.41) is 6.57. The molecule has 1 saturated carbocycles. The lowest BCUT2D eigenvalue weighted by Gasteiger charge is -2.18. The van der Waals surface area contributed by atoms with Crippen LogP contribution < -0.4 is 24.8 Å². The molecule has 0 spiro atoms. The molecule has 1 aliphatic heterocycles. The zero-order valence-corrected chi connectivity index (χ0v) is 16.9. The van der Waals surface area contributed by atoms with E-state index in [1.54, 1.807) is 6.07 Å². The zero-order chi connectivity index (χ0) is 20.7. The third kappa shape index (κ3) is 6.09. The lowest BCUT2D eigenvalue weighted by atomic mass is 10.0. The quantitative estimate of drug-likeness (QED) is 0.330. The van der Waals surface area contributed by atoms with E-state index in [1.165, 1.54) is 18.9 Å². The minimum atomic E-state index is -2.93. The maximum Gasteiger partial charge on any atom is 0.387 e. The highest BCUT2D eigenvalue weighted by Crippen LogP contribution is 2.48. The average Bonchev–Trinajstić information content (AvgIpc) is 3.31. The van der Waals surface area contributed by atoms with Crippen LogP contribution in [0.25, 0.3) is 0 Å². The first-order chi connectivity index (χ1) is 14.0. The van der Waals surface area contributed by atoms with Gasteiger partial charge in [-0.25, -0.2) is 4.99 Å². The Labute approximate surface area is 169 Å². The number of benzene rings is 1. The first-order valence-electron chi connectivity index (χ1n) is 10.0. The normalized spacial score (nSPS) is 16.8. The van der Waals surface area contributed by atoms with Gasteiger partial charge in [-0.1, -0.05) is 0 Å². The molecule has 0 aromatic heterocycles. The van der Waals surface area contributed by atoms with E-state index in [2.05, 4.69) is 20.4 Å². The fraction of sp³-hybridized carbons (Fsp3) is 0.650. The number of ether oxygens (including phenoxy) is 4. The third-order valence-electron chi connectivity index (χ3n) is 5.09. The third-order valence-corrected chi connectivity index (χ3v) is 5.09. The maximum absolute atomic E-state index is 12.8. The standard InChI is InChI=1S/C20H29F2N3O4/c1-3-23-19(25-12-20(5-6-20)7-8-26-4-2)24-11-14-9-16-17(28-13-27-16)10-15(14)29-18(21)22/h9-10,18H,3-8,11-13H2,1-2H3,(H2,23,24,25). The lowest BCUT2D eigenvalue weighted by Crippen LogP contribution is -2.40. The second-order valence-corrected chi connectivity index (χ2v) is 7.19. The highest BCUT2D eigenvalue weighted by Gasteiger charge is 2.41. The van der Waals surface area contributed by atoms with Crippen molar-refractivity contribution in [1.82, 2.24) is 10.6 Å². The molecule has 1 aliphatic carbocycles. The number of nitrogens with zero attached hydrogens (tertiary/aromatic N) is 1. The van der Waals surface area contributed by atoms with Gasteiger partial charge in [0.1, 0.15) is 5.75 Å². The number of aliphatic imine (C=N–C) groups is 1. The van der Waals surface area contributed by atoms with Crippen molar-refractivity contribution in [3.63, 3.8) is 0 Å². The van der Waals surface area contributed by atoms with Gasteiger partial charge in [-0.15, -0.1) is 0 Å². The van der Waals surface area contributed by atoms with Crippen LogP contribution in [0.5, 0.6) is 17.2 Å². The number of alkyl halides is 2. The van der Waals surface area contributed by atoms with Gasteiger partial charge in [-0.2, -0.15) is 8.78 Å². The average molecular weight is 413 g/mol. The molecule has 1 heterocycles. The van der Waals surface area contributed by atoms with Gasteiger partial charge in [0.05, 0.1) is 6.54 Å². The van der Waals surface area contributed by atoms with Gasteiger partial charge in [0.15, 0.2) is 17.5 Å². The molecule has 3 rings (SSSR count). The molecule has 1 aromatic rings. The number of rotatable bonds is 11. The molecule has 1 aromatic carbocycles. The maximum atomic E-state index is 12.8. The topological polar surface area (TPSA) is 73.3 Å². The second-order valence-electron chi connectivity index (χ2n) is 7.19. The molecule has 0 saturated heterocycles. The van der Waals surface area contributed by atoms with E-state index in [-0.39, 0.29) is 24.5 Å². The van der Waals surface area contributed by atoms with Crippen molar-refractivity contribution in [1.29, 1.82) is 0 Å². The molecule has 0 radical (unpaired) electrons. The Balaban J connectivity index is 1.65. The van der Waals surface area contributed by atoms with Crippen molar-refractivity contribution in [3.8, 4) is 17.2 Å². The molecule has 9 heteroatoms. The number of halogens is 2. The molecule has 0 atom stereocenters. The van der Waals surface area contributed by atoms with Crippen molar-refractivity contribution >= 4 is 5.96 Å². The Bertz CT molecular complexity index is 711.